The van der Waals surface area contributed by atoms with E-state index in [9.17, 15) is 0 Å². The van der Waals surface area contributed by atoms with Crippen molar-refractivity contribution in [2.45, 2.75) is 18.4 Å². The minimum atomic E-state index is 0.526. The van der Waals surface area contributed by atoms with Crippen LogP contribution in [0.1, 0.15) is 12.8 Å². The average Bonchev–Trinajstić information content (AvgIpc) is 2.62. The van der Waals surface area contributed by atoms with Crippen LogP contribution in [-0.2, 0) is 0 Å². The Bertz CT molecular complexity index is 124. The standard InChI is InChI=1S/C7H14N2/c1-8-7-4-6(7)2-3-9-5-7/h6,8-9H,2-5H2,1H3. The van der Waals surface area contributed by atoms with Crippen molar-refractivity contribution in [2.75, 3.05) is 20.1 Å². The Hall–Kier alpha value is -0.0800. The Morgan fingerprint density at radius 2 is 2.56 bits per heavy atom. The van der Waals surface area contributed by atoms with Crippen LogP contribution < -0.4 is 10.6 Å². The maximum absolute atomic E-state index is 3.41. The lowest BCUT2D eigenvalue weighted by molar-refractivity contribution is 0.396. The molecule has 0 spiro atoms. The second-order valence-corrected chi connectivity index (χ2v) is 3.27. The highest BCUT2D eigenvalue weighted by Crippen LogP contribution is 2.46. The van der Waals surface area contributed by atoms with Crippen LogP contribution in [-0.4, -0.2) is 25.7 Å². The summed E-state index contributed by atoms with van der Waals surface area (Å²) < 4.78 is 0. The molecule has 2 nitrogen and oxygen atoms in total. The first kappa shape index (κ1) is 5.69. The lowest BCUT2D eigenvalue weighted by Gasteiger charge is -2.21. The number of piperidine rings is 1. The number of hydrogen-bond acceptors (Lipinski definition) is 2. The van der Waals surface area contributed by atoms with Crippen molar-refractivity contribution in [3.05, 3.63) is 0 Å². The molecule has 0 amide bonds. The monoisotopic (exact) mass is 126 g/mol. The van der Waals surface area contributed by atoms with Crippen molar-refractivity contribution in [3.63, 3.8) is 0 Å². The molecule has 2 N–H and O–H groups in total. The molecule has 2 unspecified atom stereocenters. The van der Waals surface area contributed by atoms with Crippen molar-refractivity contribution in [2.24, 2.45) is 5.92 Å². The summed E-state index contributed by atoms with van der Waals surface area (Å²) in [5.41, 5.74) is 0.526. The first-order valence-electron chi connectivity index (χ1n) is 3.77. The van der Waals surface area contributed by atoms with E-state index in [1.807, 2.05) is 0 Å². The maximum Gasteiger partial charge on any atom is 0.0336 e. The highest BCUT2D eigenvalue weighted by atomic mass is 15.1. The lowest BCUT2D eigenvalue weighted by Crippen LogP contribution is -2.44. The van der Waals surface area contributed by atoms with Gasteiger partial charge in [-0.2, -0.15) is 0 Å². The van der Waals surface area contributed by atoms with Gasteiger partial charge in [-0.1, -0.05) is 0 Å². The smallest absolute Gasteiger partial charge is 0.0336 e. The van der Waals surface area contributed by atoms with E-state index in [0.29, 0.717) is 5.54 Å². The van der Waals surface area contributed by atoms with E-state index in [-0.39, 0.29) is 0 Å². The molecule has 1 aliphatic carbocycles. The van der Waals surface area contributed by atoms with Crippen LogP contribution in [0.2, 0.25) is 0 Å². The molecular formula is C7H14N2. The number of likely N-dealkylation sites (N-methyl/N-ethyl adjacent to an activating group) is 1. The van der Waals surface area contributed by atoms with Crippen LogP contribution in [0.5, 0.6) is 0 Å². The molecule has 0 aromatic rings. The van der Waals surface area contributed by atoms with Gasteiger partial charge in [0.15, 0.2) is 0 Å². The highest BCUT2D eigenvalue weighted by molar-refractivity contribution is 5.13. The van der Waals surface area contributed by atoms with Gasteiger partial charge in [-0.3, -0.25) is 0 Å². The Morgan fingerprint density at radius 3 is 3.11 bits per heavy atom. The van der Waals surface area contributed by atoms with E-state index in [1.165, 1.54) is 25.9 Å². The Morgan fingerprint density at radius 1 is 1.67 bits per heavy atom. The SMILES string of the molecule is CNC12CNCCC1C2. The normalized spacial score (nSPS) is 48.3. The topological polar surface area (TPSA) is 24.1 Å². The summed E-state index contributed by atoms with van der Waals surface area (Å²) in [4.78, 5) is 0. The van der Waals surface area contributed by atoms with Gasteiger partial charge in [0.25, 0.3) is 0 Å². The molecule has 2 rings (SSSR count). The predicted octanol–water partition coefficient (Wildman–Crippen LogP) is -0.0422. The molecule has 0 bridgehead atoms. The van der Waals surface area contributed by atoms with E-state index in [2.05, 4.69) is 17.7 Å². The first-order valence-corrected chi connectivity index (χ1v) is 3.77. The van der Waals surface area contributed by atoms with E-state index in [1.54, 1.807) is 0 Å². The first-order chi connectivity index (χ1) is 4.37. The molecule has 1 saturated heterocycles. The zero-order chi connectivity index (χ0) is 6.32. The van der Waals surface area contributed by atoms with Crippen LogP contribution in [0.25, 0.3) is 0 Å². The van der Waals surface area contributed by atoms with E-state index < -0.39 is 0 Å². The number of fused-ring (bicyclic) bond motifs is 1. The molecule has 2 fully saturated rings. The van der Waals surface area contributed by atoms with Crippen molar-refractivity contribution in [1.29, 1.82) is 0 Å². The fourth-order valence-electron chi connectivity index (χ4n) is 1.96. The highest BCUT2D eigenvalue weighted by Gasteiger charge is 2.53. The molecule has 2 heteroatoms. The van der Waals surface area contributed by atoms with Gasteiger partial charge >= 0.3 is 0 Å². The van der Waals surface area contributed by atoms with Gasteiger partial charge in [-0.05, 0) is 32.4 Å². The van der Waals surface area contributed by atoms with Crippen LogP contribution in [0.3, 0.4) is 0 Å². The van der Waals surface area contributed by atoms with Crippen molar-refractivity contribution in [1.82, 2.24) is 10.6 Å². The van der Waals surface area contributed by atoms with Gasteiger partial charge in [0.1, 0.15) is 0 Å². The second kappa shape index (κ2) is 1.70. The van der Waals surface area contributed by atoms with Crippen LogP contribution in [0, 0.1) is 5.92 Å². The van der Waals surface area contributed by atoms with Gasteiger partial charge in [0.2, 0.25) is 0 Å². The molecule has 0 radical (unpaired) electrons. The molecule has 1 saturated carbocycles. The number of hydrogen-bond donors (Lipinski definition) is 2. The Kier molecular flexibility index (Phi) is 1.08. The minimum absolute atomic E-state index is 0.526. The quantitative estimate of drug-likeness (QED) is 0.515. The molecule has 52 valence electrons. The second-order valence-electron chi connectivity index (χ2n) is 3.27. The molecule has 2 atom stereocenters. The predicted molar refractivity (Wildman–Crippen MR) is 37.4 cm³/mol. The van der Waals surface area contributed by atoms with E-state index in [0.717, 1.165) is 5.92 Å². The van der Waals surface area contributed by atoms with Gasteiger partial charge < -0.3 is 10.6 Å². The molecule has 2 aliphatic rings. The third-order valence-corrected chi connectivity index (χ3v) is 2.84. The van der Waals surface area contributed by atoms with Crippen molar-refractivity contribution < 1.29 is 0 Å². The van der Waals surface area contributed by atoms with Crippen LogP contribution >= 0.6 is 0 Å². The molecule has 1 aliphatic heterocycles. The van der Waals surface area contributed by atoms with E-state index >= 15 is 0 Å². The fraction of sp³-hybridized carbons (Fsp3) is 1.00. The minimum Gasteiger partial charge on any atom is -0.315 e. The van der Waals surface area contributed by atoms with Crippen molar-refractivity contribution in [3.8, 4) is 0 Å². The maximum atomic E-state index is 3.41. The summed E-state index contributed by atoms with van der Waals surface area (Å²) in [5.74, 6) is 0.990. The third-order valence-electron chi connectivity index (χ3n) is 2.84. The zero-order valence-corrected chi connectivity index (χ0v) is 5.91. The summed E-state index contributed by atoms with van der Waals surface area (Å²) in [6, 6.07) is 0. The lowest BCUT2D eigenvalue weighted by atomic mass is 10.1. The zero-order valence-electron chi connectivity index (χ0n) is 5.91. The average molecular weight is 126 g/mol. The summed E-state index contributed by atoms with van der Waals surface area (Å²) in [6.07, 6.45) is 2.78. The number of rotatable bonds is 1. The van der Waals surface area contributed by atoms with Gasteiger partial charge in [0.05, 0.1) is 0 Å². The Balaban J connectivity index is 2.01. The summed E-state index contributed by atoms with van der Waals surface area (Å²) >= 11 is 0. The number of nitrogens with one attached hydrogen (secondary N) is 2. The summed E-state index contributed by atoms with van der Waals surface area (Å²) in [7, 11) is 2.08. The molecule has 9 heavy (non-hydrogen) atoms. The molecule has 1 heterocycles. The summed E-state index contributed by atoms with van der Waals surface area (Å²) in [5, 5.41) is 6.80. The molecule has 0 aromatic carbocycles. The summed E-state index contributed by atoms with van der Waals surface area (Å²) in [6.45, 7) is 2.42. The van der Waals surface area contributed by atoms with Gasteiger partial charge in [0, 0.05) is 12.1 Å². The third kappa shape index (κ3) is 0.700. The fourth-order valence-corrected chi connectivity index (χ4v) is 1.96. The van der Waals surface area contributed by atoms with Crippen molar-refractivity contribution >= 4 is 0 Å². The largest absolute Gasteiger partial charge is 0.315 e. The van der Waals surface area contributed by atoms with Crippen LogP contribution in [0.15, 0.2) is 0 Å². The molecular weight excluding hydrogens is 112 g/mol. The van der Waals surface area contributed by atoms with E-state index in [4.69, 9.17) is 0 Å². The Labute approximate surface area is 56.0 Å². The van der Waals surface area contributed by atoms with Gasteiger partial charge in [-0.15, -0.1) is 0 Å². The molecule has 0 aromatic heterocycles. The van der Waals surface area contributed by atoms with Crippen LogP contribution in [0.4, 0.5) is 0 Å². The van der Waals surface area contributed by atoms with Gasteiger partial charge in [-0.25, -0.2) is 0 Å².